The lowest BCUT2D eigenvalue weighted by Crippen LogP contribution is -2.42. The normalized spacial score (nSPS) is 32.6. The summed E-state index contributed by atoms with van der Waals surface area (Å²) in [6, 6.07) is -0.284. The molecule has 0 bridgehead atoms. The van der Waals surface area contributed by atoms with Crippen LogP contribution in [0.5, 0.6) is 0 Å². The molecule has 6 heteroatoms. The summed E-state index contributed by atoms with van der Waals surface area (Å²) in [5.41, 5.74) is 5.34. The zero-order valence-electron chi connectivity index (χ0n) is 7.68. The third-order valence-corrected chi connectivity index (χ3v) is 4.04. The maximum atomic E-state index is 11.1. The van der Waals surface area contributed by atoms with Gasteiger partial charge in [0.2, 0.25) is 0 Å². The average Bonchev–Trinajstić information content (AvgIpc) is 2.25. The van der Waals surface area contributed by atoms with Crippen molar-refractivity contribution in [2.75, 3.05) is 31.6 Å². The van der Waals surface area contributed by atoms with Crippen LogP contribution in [0, 0.1) is 0 Å². The zero-order chi connectivity index (χ0) is 10.1. The first kappa shape index (κ1) is 10.9. The fraction of sp³-hybridized carbons (Fsp3) is 1.00. The van der Waals surface area contributed by atoms with Gasteiger partial charge < -0.3 is 10.8 Å². The second-order valence-electron chi connectivity index (χ2n) is 3.48. The van der Waals surface area contributed by atoms with E-state index in [1.54, 1.807) is 11.9 Å². The van der Waals surface area contributed by atoms with E-state index in [-0.39, 0.29) is 17.5 Å². The van der Waals surface area contributed by atoms with Gasteiger partial charge in [-0.15, -0.1) is 0 Å². The number of rotatable bonds is 3. The van der Waals surface area contributed by atoms with E-state index in [0.29, 0.717) is 13.1 Å². The standard InChI is InChI=1S/C7H16N2O3S/c1-9(3-2-8)6-4-13(11,12)5-7(6)10/h6-7,10H,2-5,8H2,1H3. The van der Waals surface area contributed by atoms with Gasteiger partial charge in [0.05, 0.1) is 23.7 Å². The van der Waals surface area contributed by atoms with E-state index >= 15 is 0 Å². The highest BCUT2D eigenvalue weighted by molar-refractivity contribution is 7.91. The molecule has 0 spiro atoms. The molecule has 0 amide bonds. The van der Waals surface area contributed by atoms with Gasteiger partial charge in [0, 0.05) is 13.1 Å². The molecule has 1 aliphatic heterocycles. The summed E-state index contributed by atoms with van der Waals surface area (Å²) in [6.07, 6.45) is -0.762. The Bertz CT molecular complexity index is 265. The number of nitrogens with zero attached hydrogens (tertiary/aromatic N) is 1. The van der Waals surface area contributed by atoms with Crippen LogP contribution in [0.3, 0.4) is 0 Å². The molecule has 0 aromatic heterocycles. The lowest BCUT2D eigenvalue weighted by molar-refractivity contribution is 0.102. The average molecular weight is 208 g/mol. The van der Waals surface area contributed by atoms with Crippen molar-refractivity contribution in [1.82, 2.24) is 4.90 Å². The fourth-order valence-electron chi connectivity index (χ4n) is 1.60. The Balaban J connectivity index is 2.62. The molecule has 0 aromatic carbocycles. The Morgan fingerprint density at radius 3 is 2.54 bits per heavy atom. The summed E-state index contributed by atoms with van der Waals surface area (Å²) in [6.45, 7) is 1.08. The van der Waals surface area contributed by atoms with E-state index in [1.807, 2.05) is 0 Å². The first-order chi connectivity index (χ1) is 5.96. The molecule has 0 radical (unpaired) electrons. The smallest absolute Gasteiger partial charge is 0.154 e. The predicted octanol–water partition coefficient (Wildman–Crippen LogP) is -1.97. The van der Waals surface area contributed by atoms with Crippen molar-refractivity contribution < 1.29 is 13.5 Å². The fourth-order valence-corrected chi connectivity index (χ4v) is 3.48. The number of aliphatic hydroxyl groups is 1. The van der Waals surface area contributed by atoms with Gasteiger partial charge in [-0.25, -0.2) is 8.42 Å². The number of sulfone groups is 1. The minimum Gasteiger partial charge on any atom is -0.390 e. The maximum absolute atomic E-state index is 11.1. The van der Waals surface area contributed by atoms with Gasteiger partial charge in [-0.05, 0) is 7.05 Å². The van der Waals surface area contributed by atoms with Crippen molar-refractivity contribution in [2.45, 2.75) is 12.1 Å². The summed E-state index contributed by atoms with van der Waals surface area (Å²) in [5.74, 6) is -0.0722. The third kappa shape index (κ3) is 2.63. The van der Waals surface area contributed by atoms with Gasteiger partial charge in [-0.2, -0.15) is 0 Å². The largest absolute Gasteiger partial charge is 0.390 e. The highest BCUT2D eigenvalue weighted by Crippen LogP contribution is 2.16. The lowest BCUT2D eigenvalue weighted by Gasteiger charge is -2.24. The van der Waals surface area contributed by atoms with Crippen LogP contribution in [0.15, 0.2) is 0 Å². The number of hydrogen-bond acceptors (Lipinski definition) is 5. The molecule has 78 valence electrons. The van der Waals surface area contributed by atoms with Crippen molar-refractivity contribution in [1.29, 1.82) is 0 Å². The number of hydrogen-bond donors (Lipinski definition) is 2. The first-order valence-corrected chi connectivity index (χ1v) is 6.07. The van der Waals surface area contributed by atoms with Crippen molar-refractivity contribution in [3.63, 3.8) is 0 Å². The van der Waals surface area contributed by atoms with Crippen molar-refractivity contribution in [3.8, 4) is 0 Å². The third-order valence-electron chi connectivity index (χ3n) is 2.34. The molecule has 2 atom stereocenters. The summed E-state index contributed by atoms with van der Waals surface area (Å²) in [4.78, 5) is 1.80. The zero-order valence-corrected chi connectivity index (χ0v) is 8.50. The van der Waals surface area contributed by atoms with E-state index < -0.39 is 15.9 Å². The lowest BCUT2D eigenvalue weighted by atomic mass is 10.2. The van der Waals surface area contributed by atoms with Crippen LogP contribution in [0.2, 0.25) is 0 Å². The number of likely N-dealkylation sites (N-methyl/N-ethyl adjacent to an activating group) is 1. The van der Waals surface area contributed by atoms with E-state index in [0.717, 1.165) is 0 Å². The summed E-state index contributed by atoms with van der Waals surface area (Å²) in [7, 11) is -1.26. The molecule has 5 nitrogen and oxygen atoms in total. The molecular formula is C7H16N2O3S. The summed E-state index contributed by atoms with van der Waals surface area (Å²) < 4.78 is 22.3. The maximum Gasteiger partial charge on any atom is 0.154 e. The molecule has 0 aromatic rings. The highest BCUT2D eigenvalue weighted by atomic mass is 32.2. The van der Waals surface area contributed by atoms with Crippen LogP contribution < -0.4 is 5.73 Å². The molecule has 0 aliphatic carbocycles. The Morgan fingerprint density at radius 2 is 2.15 bits per heavy atom. The second-order valence-corrected chi connectivity index (χ2v) is 5.63. The topological polar surface area (TPSA) is 83.6 Å². The molecule has 1 saturated heterocycles. The van der Waals surface area contributed by atoms with Crippen LogP contribution in [-0.2, 0) is 9.84 Å². The second kappa shape index (κ2) is 3.91. The van der Waals surface area contributed by atoms with E-state index in [1.165, 1.54) is 0 Å². The SMILES string of the molecule is CN(CCN)C1CS(=O)(=O)CC1O. The minimum absolute atomic E-state index is 0.0463. The van der Waals surface area contributed by atoms with E-state index in [9.17, 15) is 13.5 Å². The van der Waals surface area contributed by atoms with Gasteiger partial charge in [0.25, 0.3) is 0 Å². The van der Waals surface area contributed by atoms with Crippen LogP contribution in [0.1, 0.15) is 0 Å². The van der Waals surface area contributed by atoms with Crippen LogP contribution >= 0.6 is 0 Å². The quantitative estimate of drug-likeness (QED) is 0.562. The molecule has 3 N–H and O–H groups in total. The van der Waals surface area contributed by atoms with Gasteiger partial charge in [0.15, 0.2) is 9.84 Å². The Kier molecular flexibility index (Phi) is 3.28. The molecular weight excluding hydrogens is 192 g/mol. The predicted molar refractivity (Wildman–Crippen MR) is 50.1 cm³/mol. The van der Waals surface area contributed by atoms with Gasteiger partial charge >= 0.3 is 0 Å². The molecule has 0 saturated carbocycles. The van der Waals surface area contributed by atoms with Crippen LogP contribution in [0.25, 0.3) is 0 Å². The Morgan fingerprint density at radius 1 is 1.54 bits per heavy atom. The van der Waals surface area contributed by atoms with Crippen molar-refractivity contribution in [3.05, 3.63) is 0 Å². The van der Waals surface area contributed by atoms with Gasteiger partial charge in [-0.1, -0.05) is 0 Å². The molecule has 13 heavy (non-hydrogen) atoms. The molecule has 1 aliphatic rings. The van der Waals surface area contributed by atoms with Crippen molar-refractivity contribution >= 4 is 9.84 Å². The highest BCUT2D eigenvalue weighted by Gasteiger charge is 2.38. The van der Waals surface area contributed by atoms with E-state index in [2.05, 4.69) is 0 Å². The Hall–Kier alpha value is -0.170. The number of nitrogens with two attached hydrogens (primary N) is 1. The Labute approximate surface area is 78.4 Å². The molecule has 1 fully saturated rings. The molecule has 1 heterocycles. The van der Waals surface area contributed by atoms with Gasteiger partial charge in [0.1, 0.15) is 0 Å². The summed E-state index contributed by atoms with van der Waals surface area (Å²) in [5, 5.41) is 9.46. The molecule has 2 unspecified atom stereocenters. The van der Waals surface area contributed by atoms with Crippen LogP contribution in [0.4, 0.5) is 0 Å². The van der Waals surface area contributed by atoms with E-state index in [4.69, 9.17) is 5.73 Å². The van der Waals surface area contributed by atoms with Crippen LogP contribution in [-0.4, -0.2) is 62.2 Å². The minimum atomic E-state index is -3.04. The number of aliphatic hydroxyl groups excluding tert-OH is 1. The first-order valence-electron chi connectivity index (χ1n) is 4.25. The summed E-state index contributed by atoms with van der Waals surface area (Å²) >= 11 is 0. The monoisotopic (exact) mass is 208 g/mol. The van der Waals surface area contributed by atoms with Gasteiger partial charge in [-0.3, -0.25) is 4.90 Å². The molecule has 1 rings (SSSR count). The van der Waals surface area contributed by atoms with Crippen molar-refractivity contribution in [2.24, 2.45) is 5.73 Å².